The Morgan fingerprint density at radius 1 is 1.17 bits per heavy atom. The molecule has 0 aliphatic carbocycles. The highest BCUT2D eigenvalue weighted by Gasteiger charge is 2.17. The monoisotopic (exact) mass is 313 g/mol. The number of hydrogen-bond donors (Lipinski definition) is 3. The van der Waals surface area contributed by atoms with Crippen molar-refractivity contribution in [2.75, 3.05) is 10.6 Å². The summed E-state index contributed by atoms with van der Waals surface area (Å²) in [7, 11) is 0. The zero-order valence-corrected chi connectivity index (χ0v) is 12.6. The third-order valence-electron chi connectivity index (χ3n) is 3.09. The lowest BCUT2D eigenvalue weighted by molar-refractivity contribution is -0.384. The maximum atomic E-state index is 11.2. The smallest absolute Gasteiger partial charge is 0.311 e. The molecule has 1 aromatic carbocycles. The number of aromatic nitrogens is 4. The normalized spacial score (nSPS) is 10.9. The van der Waals surface area contributed by atoms with Gasteiger partial charge in [-0.05, 0) is 38.1 Å². The molecular weight excluding hydrogens is 298 g/mol. The molecule has 0 aliphatic heterocycles. The lowest BCUT2D eigenvalue weighted by atomic mass is 10.2. The zero-order valence-electron chi connectivity index (χ0n) is 12.6. The van der Waals surface area contributed by atoms with Crippen LogP contribution in [-0.4, -0.2) is 31.4 Å². The largest absolute Gasteiger partial charge is 0.368 e. The minimum atomic E-state index is -0.469. The van der Waals surface area contributed by atoms with Crippen molar-refractivity contribution in [3.05, 3.63) is 40.4 Å². The van der Waals surface area contributed by atoms with Crippen LogP contribution in [0.4, 0.5) is 23.0 Å². The van der Waals surface area contributed by atoms with E-state index in [-0.39, 0.29) is 17.5 Å². The van der Waals surface area contributed by atoms with Crippen molar-refractivity contribution in [1.82, 2.24) is 20.4 Å². The van der Waals surface area contributed by atoms with Gasteiger partial charge in [0.05, 0.1) is 4.92 Å². The van der Waals surface area contributed by atoms with Crippen LogP contribution >= 0.6 is 0 Å². The van der Waals surface area contributed by atoms with E-state index in [1.165, 1.54) is 6.07 Å². The van der Waals surface area contributed by atoms with Crippen LogP contribution in [0.15, 0.2) is 30.3 Å². The van der Waals surface area contributed by atoms with Gasteiger partial charge in [-0.25, -0.2) is 4.98 Å². The first-order chi connectivity index (χ1) is 11.0. The Morgan fingerprint density at radius 3 is 2.70 bits per heavy atom. The standard InChI is InChI=1S/C14H15N7O2/c1-8(2)15-13-6-5-12(21(22)23)14(17-13)16-9-3-4-10-11(7-9)19-20-18-10/h3-8H,1-2H3,(H2,15,16,17)(H,18,19,20). The van der Waals surface area contributed by atoms with E-state index in [0.717, 1.165) is 0 Å². The Morgan fingerprint density at radius 2 is 1.96 bits per heavy atom. The molecule has 0 aliphatic rings. The van der Waals surface area contributed by atoms with Crippen LogP contribution in [0.2, 0.25) is 0 Å². The highest BCUT2D eigenvalue weighted by molar-refractivity contribution is 5.80. The van der Waals surface area contributed by atoms with E-state index >= 15 is 0 Å². The van der Waals surface area contributed by atoms with Gasteiger partial charge in [0.2, 0.25) is 5.82 Å². The van der Waals surface area contributed by atoms with Crippen molar-refractivity contribution in [2.45, 2.75) is 19.9 Å². The zero-order chi connectivity index (χ0) is 16.4. The number of H-pyrrole nitrogens is 1. The van der Waals surface area contributed by atoms with Crippen LogP contribution in [0.25, 0.3) is 11.0 Å². The Labute approximate surface area is 131 Å². The number of rotatable bonds is 5. The fourth-order valence-corrected chi connectivity index (χ4v) is 2.12. The molecule has 3 rings (SSSR count). The lowest BCUT2D eigenvalue weighted by Gasteiger charge is -2.11. The van der Waals surface area contributed by atoms with Crippen LogP contribution in [0, 0.1) is 10.1 Å². The van der Waals surface area contributed by atoms with E-state index in [2.05, 4.69) is 31.0 Å². The van der Waals surface area contributed by atoms with Gasteiger partial charge in [0.25, 0.3) is 0 Å². The van der Waals surface area contributed by atoms with Crippen molar-refractivity contribution < 1.29 is 4.92 Å². The molecule has 9 heteroatoms. The Bertz CT molecular complexity index is 859. The SMILES string of the molecule is CC(C)Nc1ccc([N+](=O)[O-])c(Nc2ccc3n[nH]nc3c2)n1. The molecule has 0 saturated carbocycles. The van der Waals surface area contributed by atoms with Crippen LogP contribution < -0.4 is 10.6 Å². The fraction of sp³-hybridized carbons (Fsp3) is 0.214. The van der Waals surface area contributed by atoms with Crippen LogP contribution in [0.5, 0.6) is 0 Å². The average Bonchev–Trinajstić information content (AvgIpc) is 2.94. The summed E-state index contributed by atoms with van der Waals surface area (Å²) < 4.78 is 0. The van der Waals surface area contributed by atoms with Crippen molar-refractivity contribution in [1.29, 1.82) is 0 Å². The number of anilines is 3. The molecule has 0 bridgehead atoms. The summed E-state index contributed by atoms with van der Waals surface area (Å²) in [5.41, 5.74) is 1.92. The summed E-state index contributed by atoms with van der Waals surface area (Å²) in [5.74, 6) is 0.735. The van der Waals surface area contributed by atoms with Crippen LogP contribution in [0.1, 0.15) is 13.8 Å². The summed E-state index contributed by atoms with van der Waals surface area (Å²) in [4.78, 5) is 15.0. The number of nitrogens with zero attached hydrogens (tertiary/aromatic N) is 4. The van der Waals surface area contributed by atoms with Gasteiger partial charge in [-0.3, -0.25) is 10.1 Å². The minimum absolute atomic E-state index is 0.0976. The quantitative estimate of drug-likeness (QED) is 0.489. The molecule has 3 aromatic rings. The topological polar surface area (TPSA) is 122 Å². The van der Waals surface area contributed by atoms with Gasteiger partial charge in [0, 0.05) is 17.8 Å². The number of pyridine rings is 1. The molecule has 0 fully saturated rings. The number of nitro groups is 1. The van der Waals surface area contributed by atoms with Crippen LogP contribution in [-0.2, 0) is 0 Å². The van der Waals surface area contributed by atoms with E-state index in [0.29, 0.717) is 22.5 Å². The highest BCUT2D eigenvalue weighted by atomic mass is 16.6. The Hall–Kier alpha value is -3.23. The summed E-state index contributed by atoms with van der Waals surface area (Å²) in [6, 6.07) is 8.46. The predicted molar refractivity (Wildman–Crippen MR) is 86.8 cm³/mol. The van der Waals surface area contributed by atoms with Crippen molar-refractivity contribution in [3.8, 4) is 0 Å². The van der Waals surface area contributed by atoms with E-state index in [4.69, 9.17) is 0 Å². The maximum Gasteiger partial charge on any atom is 0.311 e. The minimum Gasteiger partial charge on any atom is -0.368 e. The van der Waals surface area contributed by atoms with Gasteiger partial charge >= 0.3 is 5.69 Å². The predicted octanol–water partition coefficient (Wildman–Crippen LogP) is 2.82. The molecule has 0 saturated heterocycles. The Balaban J connectivity index is 1.96. The molecule has 0 amide bonds. The number of nitrogens with one attached hydrogen (secondary N) is 3. The van der Waals surface area contributed by atoms with Crippen molar-refractivity contribution in [2.24, 2.45) is 0 Å². The van der Waals surface area contributed by atoms with Gasteiger partial charge in [0.15, 0.2) is 0 Å². The number of hydrogen-bond acceptors (Lipinski definition) is 7. The molecule has 0 spiro atoms. The number of aromatic amines is 1. The molecule has 118 valence electrons. The molecule has 0 atom stereocenters. The Kier molecular flexibility index (Phi) is 3.75. The van der Waals surface area contributed by atoms with E-state index in [1.54, 1.807) is 24.3 Å². The van der Waals surface area contributed by atoms with Crippen LogP contribution in [0.3, 0.4) is 0 Å². The lowest BCUT2D eigenvalue weighted by Crippen LogP contribution is -2.12. The first-order valence-corrected chi connectivity index (χ1v) is 7.02. The second-order valence-electron chi connectivity index (χ2n) is 5.27. The molecule has 9 nitrogen and oxygen atoms in total. The second-order valence-corrected chi connectivity index (χ2v) is 5.27. The molecular formula is C14H15N7O2. The van der Waals surface area contributed by atoms with E-state index < -0.39 is 4.92 Å². The third-order valence-corrected chi connectivity index (χ3v) is 3.09. The van der Waals surface area contributed by atoms with Gasteiger partial charge < -0.3 is 10.6 Å². The second kappa shape index (κ2) is 5.87. The van der Waals surface area contributed by atoms with Gasteiger partial charge in [-0.1, -0.05) is 0 Å². The summed E-state index contributed by atoms with van der Waals surface area (Å²) in [5, 5.41) is 27.8. The van der Waals surface area contributed by atoms with Gasteiger partial charge in [-0.15, -0.1) is 0 Å². The first kappa shape index (κ1) is 14.7. The van der Waals surface area contributed by atoms with Gasteiger partial charge in [0.1, 0.15) is 16.9 Å². The summed E-state index contributed by atoms with van der Waals surface area (Å²) in [6.07, 6.45) is 0. The molecule has 0 unspecified atom stereocenters. The number of fused-ring (bicyclic) bond motifs is 1. The molecule has 2 heterocycles. The van der Waals surface area contributed by atoms with E-state index in [1.807, 2.05) is 13.8 Å². The van der Waals surface area contributed by atoms with E-state index in [9.17, 15) is 10.1 Å². The van der Waals surface area contributed by atoms with Gasteiger partial charge in [-0.2, -0.15) is 15.4 Å². The molecule has 3 N–H and O–H groups in total. The summed E-state index contributed by atoms with van der Waals surface area (Å²) >= 11 is 0. The average molecular weight is 313 g/mol. The third kappa shape index (κ3) is 3.18. The molecule has 23 heavy (non-hydrogen) atoms. The number of benzene rings is 1. The van der Waals surface area contributed by atoms with Crippen molar-refractivity contribution in [3.63, 3.8) is 0 Å². The maximum absolute atomic E-state index is 11.2. The summed E-state index contributed by atoms with van der Waals surface area (Å²) in [6.45, 7) is 3.93. The fourth-order valence-electron chi connectivity index (χ4n) is 2.12. The molecule has 0 radical (unpaired) electrons. The van der Waals surface area contributed by atoms with Crippen molar-refractivity contribution >= 4 is 34.0 Å². The first-order valence-electron chi connectivity index (χ1n) is 7.02. The highest BCUT2D eigenvalue weighted by Crippen LogP contribution is 2.28. The molecule has 2 aromatic heterocycles.